The number of phenolic OH excluding ortho intramolecular Hbond substituents is 1. The van der Waals surface area contributed by atoms with Gasteiger partial charge in [0, 0.05) is 5.41 Å². The first-order valence-electron chi connectivity index (χ1n) is 5.48. The van der Waals surface area contributed by atoms with E-state index in [1.807, 2.05) is 26.8 Å². The molecule has 2 rings (SSSR count). The minimum absolute atomic E-state index is 0.163. The molecule has 0 unspecified atom stereocenters. The summed E-state index contributed by atoms with van der Waals surface area (Å²) in [7, 11) is 0. The van der Waals surface area contributed by atoms with E-state index in [0.29, 0.717) is 11.9 Å². The molecule has 1 heterocycles. The normalized spacial score (nSPS) is 11.9. The number of hydrogen-bond acceptors (Lipinski definition) is 4. The van der Waals surface area contributed by atoms with Gasteiger partial charge in [-0.05, 0) is 12.1 Å². The summed E-state index contributed by atoms with van der Waals surface area (Å²) < 4.78 is 0.918. The van der Waals surface area contributed by atoms with Gasteiger partial charge >= 0.3 is 0 Å². The van der Waals surface area contributed by atoms with Crippen LogP contribution in [0.15, 0.2) is 18.2 Å². The Morgan fingerprint density at radius 3 is 2.71 bits per heavy atom. The molecule has 0 fully saturated rings. The monoisotopic (exact) mass is 249 g/mol. The maximum Gasteiger partial charge on any atom is 0.144 e. The summed E-state index contributed by atoms with van der Waals surface area (Å²) >= 11 is 1.46. The fourth-order valence-corrected chi connectivity index (χ4v) is 2.45. The number of carbonyl (C=O) groups excluding carboxylic acids is 1. The number of benzene rings is 1. The topological polar surface area (TPSA) is 50.2 Å². The minimum Gasteiger partial charge on any atom is -0.506 e. The van der Waals surface area contributed by atoms with Crippen LogP contribution in [-0.4, -0.2) is 15.9 Å². The highest BCUT2D eigenvalue weighted by Gasteiger charge is 2.22. The van der Waals surface area contributed by atoms with Crippen LogP contribution in [0.2, 0.25) is 0 Å². The number of phenols is 1. The number of carbonyl (C=O) groups is 1. The molecular weight excluding hydrogens is 234 g/mol. The van der Waals surface area contributed by atoms with Gasteiger partial charge in [0.25, 0.3) is 0 Å². The third-order valence-electron chi connectivity index (χ3n) is 2.59. The standard InChI is InChI=1S/C13H15NO2S/c1-13(2,3)10(16)7-11-14-12-8(15)5-4-6-9(12)17-11/h4-6,15H,7H2,1-3H3. The zero-order chi connectivity index (χ0) is 12.6. The first-order valence-corrected chi connectivity index (χ1v) is 6.30. The number of aromatic hydroxyl groups is 1. The summed E-state index contributed by atoms with van der Waals surface area (Å²) in [5.74, 6) is 0.337. The molecule has 3 nitrogen and oxygen atoms in total. The van der Waals surface area contributed by atoms with Crippen LogP contribution in [0.1, 0.15) is 25.8 Å². The lowest BCUT2D eigenvalue weighted by Crippen LogP contribution is -2.21. The van der Waals surface area contributed by atoms with Crippen molar-refractivity contribution in [2.45, 2.75) is 27.2 Å². The quantitative estimate of drug-likeness (QED) is 0.889. The van der Waals surface area contributed by atoms with Gasteiger partial charge in [0.15, 0.2) is 0 Å². The molecule has 0 aliphatic rings. The number of hydrogen-bond donors (Lipinski definition) is 1. The molecular formula is C13H15NO2S. The summed E-state index contributed by atoms with van der Waals surface area (Å²) in [5.41, 5.74) is 0.245. The summed E-state index contributed by atoms with van der Waals surface area (Å²) in [6, 6.07) is 5.29. The van der Waals surface area contributed by atoms with E-state index in [1.165, 1.54) is 11.3 Å². The number of ketones is 1. The van der Waals surface area contributed by atoms with Crippen LogP contribution in [-0.2, 0) is 11.2 Å². The Balaban J connectivity index is 2.32. The molecule has 0 amide bonds. The smallest absolute Gasteiger partial charge is 0.144 e. The van der Waals surface area contributed by atoms with Crippen molar-refractivity contribution in [3.63, 3.8) is 0 Å². The second-order valence-electron chi connectivity index (χ2n) is 5.08. The van der Waals surface area contributed by atoms with Gasteiger partial charge < -0.3 is 5.11 Å². The zero-order valence-electron chi connectivity index (χ0n) is 10.2. The van der Waals surface area contributed by atoms with E-state index in [0.717, 1.165) is 9.71 Å². The Morgan fingerprint density at radius 1 is 1.41 bits per heavy atom. The number of aromatic nitrogens is 1. The van der Waals surface area contributed by atoms with E-state index < -0.39 is 0 Å². The van der Waals surface area contributed by atoms with Crippen LogP contribution < -0.4 is 0 Å². The molecule has 0 aliphatic heterocycles. The second-order valence-corrected chi connectivity index (χ2v) is 6.20. The largest absolute Gasteiger partial charge is 0.506 e. The predicted octanol–water partition coefficient (Wildman–Crippen LogP) is 3.16. The zero-order valence-corrected chi connectivity index (χ0v) is 11.0. The average molecular weight is 249 g/mol. The maximum atomic E-state index is 11.9. The molecule has 0 spiro atoms. The third-order valence-corrected chi connectivity index (χ3v) is 3.61. The van der Waals surface area contributed by atoms with Gasteiger partial charge in [-0.15, -0.1) is 11.3 Å². The summed E-state index contributed by atoms with van der Waals surface area (Å²) in [4.78, 5) is 16.2. The fraction of sp³-hybridized carbons (Fsp3) is 0.385. The number of rotatable bonds is 2. The van der Waals surface area contributed by atoms with Gasteiger partial charge in [0.2, 0.25) is 0 Å². The maximum absolute atomic E-state index is 11.9. The molecule has 0 atom stereocenters. The van der Waals surface area contributed by atoms with Crippen LogP contribution in [0, 0.1) is 5.41 Å². The molecule has 0 saturated heterocycles. The molecule has 0 radical (unpaired) electrons. The Labute approximate surface area is 104 Å². The molecule has 0 saturated carbocycles. The first-order chi connectivity index (χ1) is 7.88. The highest BCUT2D eigenvalue weighted by molar-refractivity contribution is 7.18. The SMILES string of the molecule is CC(C)(C)C(=O)Cc1nc2c(O)cccc2s1. The van der Waals surface area contributed by atoms with Crippen molar-refractivity contribution in [3.8, 4) is 5.75 Å². The molecule has 4 heteroatoms. The Hall–Kier alpha value is -1.42. The molecule has 1 aromatic heterocycles. The Bertz CT molecular complexity index is 566. The van der Waals surface area contributed by atoms with Crippen LogP contribution in [0.25, 0.3) is 10.2 Å². The number of fused-ring (bicyclic) bond motifs is 1. The van der Waals surface area contributed by atoms with Crippen molar-refractivity contribution < 1.29 is 9.90 Å². The van der Waals surface area contributed by atoms with Crippen LogP contribution >= 0.6 is 11.3 Å². The van der Waals surface area contributed by atoms with Crippen molar-refractivity contribution in [2.75, 3.05) is 0 Å². The lowest BCUT2D eigenvalue weighted by molar-refractivity contribution is -0.125. The average Bonchev–Trinajstić information content (AvgIpc) is 2.60. The molecule has 1 N–H and O–H groups in total. The van der Waals surface area contributed by atoms with Gasteiger partial charge in [-0.1, -0.05) is 26.8 Å². The Morgan fingerprint density at radius 2 is 2.12 bits per heavy atom. The lowest BCUT2D eigenvalue weighted by atomic mass is 9.89. The van der Waals surface area contributed by atoms with Crippen molar-refractivity contribution in [1.29, 1.82) is 0 Å². The van der Waals surface area contributed by atoms with Crippen LogP contribution in [0.3, 0.4) is 0 Å². The molecule has 0 bridgehead atoms. The number of nitrogens with zero attached hydrogens (tertiary/aromatic N) is 1. The van der Waals surface area contributed by atoms with Gasteiger partial charge in [-0.3, -0.25) is 4.79 Å². The van der Waals surface area contributed by atoms with Crippen LogP contribution in [0.4, 0.5) is 0 Å². The molecule has 17 heavy (non-hydrogen) atoms. The van der Waals surface area contributed by atoms with E-state index >= 15 is 0 Å². The second kappa shape index (κ2) is 4.11. The van der Waals surface area contributed by atoms with Crippen molar-refractivity contribution in [3.05, 3.63) is 23.2 Å². The number of thiazole rings is 1. The number of para-hydroxylation sites is 1. The molecule has 90 valence electrons. The van der Waals surface area contributed by atoms with Crippen molar-refractivity contribution in [2.24, 2.45) is 5.41 Å². The van der Waals surface area contributed by atoms with Crippen molar-refractivity contribution in [1.82, 2.24) is 4.98 Å². The molecule has 2 aromatic rings. The van der Waals surface area contributed by atoms with E-state index in [4.69, 9.17) is 0 Å². The Kier molecular flexibility index (Phi) is 2.91. The molecule has 0 aliphatic carbocycles. The summed E-state index contributed by atoms with van der Waals surface area (Å²) in [6.07, 6.45) is 0.336. The van der Waals surface area contributed by atoms with E-state index in [2.05, 4.69) is 4.98 Å². The van der Waals surface area contributed by atoms with Crippen molar-refractivity contribution >= 4 is 27.3 Å². The minimum atomic E-state index is -0.347. The fourth-order valence-electron chi connectivity index (χ4n) is 1.46. The molecule has 1 aromatic carbocycles. The van der Waals surface area contributed by atoms with E-state index in [-0.39, 0.29) is 16.9 Å². The first kappa shape index (κ1) is 12.0. The lowest BCUT2D eigenvalue weighted by Gasteiger charge is -2.14. The summed E-state index contributed by atoms with van der Waals surface area (Å²) in [5, 5.41) is 10.4. The van der Waals surface area contributed by atoms with Gasteiger partial charge in [-0.2, -0.15) is 0 Å². The number of Topliss-reactive ketones (excluding diaryl/α,β-unsaturated/α-hetero) is 1. The third kappa shape index (κ3) is 2.47. The highest BCUT2D eigenvalue weighted by Crippen LogP contribution is 2.30. The van der Waals surface area contributed by atoms with Crippen LogP contribution in [0.5, 0.6) is 5.75 Å². The predicted molar refractivity (Wildman–Crippen MR) is 69.5 cm³/mol. The van der Waals surface area contributed by atoms with Gasteiger partial charge in [0.1, 0.15) is 22.1 Å². The van der Waals surface area contributed by atoms with Gasteiger partial charge in [0.05, 0.1) is 11.1 Å². The highest BCUT2D eigenvalue weighted by atomic mass is 32.1. The summed E-state index contributed by atoms with van der Waals surface area (Å²) in [6.45, 7) is 5.71. The van der Waals surface area contributed by atoms with E-state index in [9.17, 15) is 9.90 Å². The van der Waals surface area contributed by atoms with Gasteiger partial charge in [-0.25, -0.2) is 4.98 Å². The van der Waals surface area contributed by atoms with E-state index in [1.54, 1.807) is 12.1 Å².